The summed E-state index contributed by atoms with van der Waals surface area (Å²) in [6, 6.07) is -1.49. The number of sulfone groups is 1. The van der Waals surface area contributed by atoms with Crippen LogP contribution >= 0.6 is 0 Å². The van der Waals surface area contributed by atoms with Crippen LogP contribution < -0.4 is 0 Å². The van der Waals surface area contributed by atoms with Crippen LogP contribution in [0.5, 0.6) is 0 Å². The van der Waals surface area contributed by atoms with Crippen molar-refractivity contribution in [2.24, 2.45) is 0 Å². The lowest BCUT2D eigenvalue weighted by atomic mass is 9.94. The number of hydrogen-bond donors (Lipinski definition) is 0. The van der Waals surface area contributed by atoms with E-state index < -0.39 is 28.0 Å². The molecule has 0 radical (unpaired) electrons. The van der Waals surface area contributed by atoms with Crippen molar-refractivity contribution in [2.45, 2.75) is 44.3 Å². The number of carbonyl (C=O) groups is 2. The Balaban J connectivity index is 1.89. The number of piperazine rings is 1. The fourth-order valence-electron chi connectivity index (χ4n) is 3.36. The van der Waals surface area contributed by atoms with Crippen LogP contribution in [0.2, 0.25) is 0 Å². The Bertz CT molecular complexity index is 583. The van der Waals surface area contributed by atoms with E-state index in [-0.39, 0.29) is 17.6 Å². The Morgan fingerprint density at radius 1 is 1.20 bits per heavy atom. The molecule has 20 heavy (non-hydrogen) atoms. The summed E-state index contributed by atoms with van der Waals surface area (Å²) < 4.78 is 23.1. The minimum absolute atomic E-state index is 0.0630. The van der Waals surface area contributed by atoms with E-state index >= 15 is 0 Å². The van der Waals surface area contributed by atoms with E-state index in [0.29, 0.717) is 13.0 Å². The average molecular weight is 298 g/mol. The van der Waals surface area contributed by atoms with Crippen LogP contribution in [0.1, 0.15) is 26.2 Å². The monoisotopic (exact) mass is 298 g/mol. The predicted octanol–water partition coefficient (Wildman–Crippen LogP) is -0.0911. The molecule has 0 aromatic carbocycles. The summed E-state index contributed by atoms with van der Waals surface area (Å²) >= 11 is 0. The van der Waals surface area contributed by atoms with Gasteiger partial charge in [-0.05, 0) is 32.3 Å². The van der Waals surface area contributed by atoms with Crippen molar-refractivity contribution >= 4 is 21.7 Å². The molecular formula is C13H18N2O4S. The van der Waals surface area contributed by atoms with E-state index in [1.54, 1.807) is 11.8 Å². The number of fused-ring (bicyclic) bond motifs is 1. The average Bonchev–Trinajstić information content (AvgIpc) is 2.77. The maximum Gasteiger partial charge on any atom is 0.246 e. The second-order valence-electron chi connectivity index (χ2n) is 5.69. The number of rotatable bonds is 1. The highest BCUT2D eigenvalue weighted by Crippen LogP contribution is 2.29. The van der Waals surface area contributed by atoms with Crippen LogP contribution in [0.15, 0.2) is 11.5 Å². The second kappa shape index (κ2) is 4.58. The molecule has 3 unspecified atom stereocenters. The molecule has 3 atom stereocenters. The highest BCUT2D eigenvalue weighted by molar-refractivity contribution is 7.94. The highest BCUT2D eigenvalue weighted by atomic mass is 32.2. The quantitative estimate of drug-likeness (QED) is 0.678. The lowest BCUT2D eigenvalue weighted by Crippen LogP contribution is -2.67. The molecule has 6 nitrogen and oxygen atoms in total. The molecule has 0 aliphatic carbocycles. The molecule has 2 saturated heterocycles. The largest absolute Gasteiger partial charge is 0.329 e. The van der Waals surface area contributed by atoms with Crippen LogP contribution in [0, 0.1) is 0 Å². The zero-order chi connectivity index (χ0) is 14.5. The molecule has 0 aromatic heterocycles. The Kier molecular flexibility index (Phi) is 3.12. The van der Waals surface area contributed by atoms with E-state index in [9.17, 15) is 18.0 Å². The number of piperidine rings is 1. The highest BCUT2D eigenvalue weighted by Gasteiger charge is 2.47. The van der Waals surface area contributed by atoms with Crippen LogP contribution in [0.4, 0.5) is 0 Å². The van der Waals surface area contributed by atoms with Gasteiger partial charge in [-0.2, -0.15) is 0 Å². The third-order valence-corrected chi connectivity index (χ3v) is 5.75. The van der Waals surface area contributed by atoms with Crippen molar-refractivity contribution in [1.29, 1.82) is 0 Å². The fraction of sp³-hybridized carbons (Fsp3) is 0.692. The van der Waals surface area contributed by atoms with Gasteiger partial charge in [0.25, 0.3) is 0 Å². The SMILES string of the molecule is CC1C(=O)N2CCCCC2C(=O)N1C1C=CS(=O)(=O)C1. The van der Waals surface area contributed by atoms with E-state index in [1.807, 2.05) is 0 Å². The van der Waals surface area contributed by atoms with Crippen LogP contribution in [-0.2, 0) is 19.4 Å². The van der Waals surface area contributed by atoms with Crippen molar-refractivity contribution in [1.82, 2.24) is 9.80 Å². The van der Waals surface area contributed by atoms with E-state index in [4.69, 9.17) is 0 Å². The summed E-state index contributed by atoms with van der Waals surface area (Å²) in [6.07, 6.45) is 4.06. The molecule has 0 saturated carbocycles. The van der Waals surface area contributed by atoms with Gasteiger partial charge in [0.2, 0.25) is 11.8 Å². The second-order valence-corrected chi connectivity index (χ2v) is 7.62. The van der Waals surface area contributed by atoms with Crippen molar-refractivity contribution in [3.8, 4) is 0 Å². The zero-order valence-electron chi connectivity index (χ0n) is 11.4. The minimum atomic E-state index is -3.24. The minimum Gasteiger partial charge on any atom is -0.329 e. The lowest BCUT2D eigenvalue weighted by Gasteiger charge is -2.47. The van der Waals surface area contributed by atoms with Crippen LogP contribution in [0.25, 0.3) is 0 Å². The van der Waals surface area contributed by atoms with Gasteiger partial charge in [0, 0.05) is 12.0 Å². The summed E-state index contributed by atoms with van der Waals surface area (Å²) in [4.78, 5) is 28.1. The van der Waals surface area contributed by atoms with Crippen molar-refractivity contribution in [3.63, 3.8) is 0 Å². The molecule has 0 bridgehead atoms. The van der Waals surface area contributed by atoms with Gasteiger partial charge >= 0.3 is 0 Å². The smallest absolute Gasteiger partial charge is 0.246 e. The topological polar surface area (TPSA) is 74.8 Å². The van der Waals surface area contributed by atoms with Crippen molar-refractivity contribution in [3.05, 3.63) is 11.5 Å². The summed E-state index contributed by atoms with van der Waals surface area (Å²) in [5.41, 5.74) is 0. The Hall–Kier alpha value is -1.37. The van der Waals surface area contributed by atoms with E-state index in [0.717, 1.165) is 18.2 Å². The Morgan fingerprint density at radius 2 is 1.95 bits per heavy atom. The molecule has 110 valence electrons. The first kappa shape index (κ1) is 13.6. The summed E-state index contributed by atoms with van der Waals surface area (Å²) in [5, 5.41) is 1.15. The maximum atomic E-state index is 12.6. The Morgan fingerprint density at radius 3 is 2.60 bits per heavy atom. The first-order chi connectivity index (χ1) is 9.41. The molecule has 3 aliphatic heterocycles. The fourth-order valence-corrected chi connectivity index (χ4v) is 4.64. The number of amides is 2. The van der Waals surface area contributed by atoms with Crippen LogP contribution in [-0.4, -0.2) is 60.5 Å². The van der Waals surface area contributed by atoms with Gasteiger partial charge in [0.15, 0.2) is 9.84 Å². The first-order valence-electron chi connectivity index (χ1n) is 6.94. The molecule has 3 rings (SSSR count). The van der Waals surface area contributed by atoms with Crippen molar-refractivity contribution in [2.75, 3.05) is 12.3 Å². The third-order valence-electron chi connectivity index (χ3n) is 4.37. The maximum absolute atomic E-state index is 12.6. The molecule has 3 heterocycles. The Labute approximate surface area is 118 Å². The summed E-state index contributed by atoms with van der Waals surface area (Å²) in [5.74, 6) is -0.279. The third kappa shape index (κ3) is 2.04. The molecular weight excluding hydrogens is 280 g/mol. The van der Waals surface area contributed by atoms with Gasteiger partial charge in [-0.25, -0.2) is 8.42 Å². The molecule has 2 amide bonds. The molecule has 0 spiro atoms. The molecule has 0 N–H and O–H groups in total. The van der Waals surface area contributed by atoms with Crippen molar-refractivity contribution < 1.29 is 18.0 Å². The van der Waals surface area contributed by atoms with Gasteiger partial charge in [-0.15, -0.1) is 0 Å². The summed E-state index contributed by atoms with van der Waals surface area (Å²) in [7, 11) is -3.24. The summed E-state index contributed by atoms with van der Waals surface area (Å²) in [6.45, 7) is 2.32. The van der Waals surface area contributed by atoms with Gasteiger partial charge in [0.1, 0.15) is 12.1 Å². The van der Waals surface area contributed by atoms with Gasteiger partial charge in [-0.1, -0.05) is 0 Å². The number of carbonyl (C=O) groups excluding carboxylic acids is 2. The first-order valence-corrected chi connectivity index (χ1v) is 8.66. The van der Waals surface area contributed by atoms with Gasteiger partial charge in [0.05, 0.1) is 11.8 Å². The standard InChI is InChI=1S/C13H18N2O4S/c1-9-12(16)14-6-3-2-4-11(14)13(17)15(9)10-5-7-20(18,19)8-10/h5,7,9-11H,2-4,6,8H2,1H3. The normalized spacial score (nSPS) is 36.4. The zero-order valence-corrected chi connectivity index (χ0v) is 12.2. The van der Waals surface area contributed by atoms with Gasteiger partial charge < -0.3 is 9.80 Å². The van der Waals surface area contributed by atoms with Gasteiger partial charge in [-0.3, -0.25) is 9.59 Å². The number of hydrogen-bond acceptors (Lipinski definition) is 4. The molecule has 0 aromatic rings. The molecule has 3 aliphatic rings. The van der Waals surface area contributed by atoms with E-state index in [2.05, 4.69) is 0 Å². The number of nitrogens with zero attached hydrogens (tertiary/aromatic N) is 2. The molecule has 2 fully saturated rings. The predicted molar refractivity (Wildman–Crippen MR) is 72.4 cm³/mol. The molecule has 7 heteroatoms. The lowest BCUT2D eigenvalue weighted by molar-refractivity contribution is -0.164. The van der Waals surface area contributed by atoms with E-state index in [1.165, 1.54) is 11.0 Å². The van der Waals surface area contributed by atoms with Crippen LogP contribution in [0.3, 0.4) is 0 Å².